The zero-order chi connectivity index (χ0) is 12.8. The van der Waals surface area contributed by atoms with E-state index >= 15 is 0 Å². The predicted octanol–water partition coefficient (Wildman–Crippen LogP) is 3.89. The maximum absolute atomic E-state index is 13.4. The van der Waals surface area contributed by atoms with Gasteiger partial charge in [-0.2, -0.15) is 0 Å². The molecule has 0 spiro atoms. The molecule has 0 fully saturated rings. The Balaban J connectivity index is 0.00000180. The summed E-state index contributed by atoms with van der Waals surface area (Å²) in [5.74, 6) is -0.116. The second-order valence-corrected chi connectivity index (χ2v) is 4.50. The van der Waals surface area contributed by atoms with Crippen LogP contribution in [0, 0.1) is 12.7 Å². The van der Waals surface area contributed by atoms with Crippen LogP contribution >= 0.6 is 12.4 Å². The second kappa shape index (κ2) is 7.93. The zero-order valence-electron chi connectivity index (χ0n) is 11.0. The van der Waals surface area contributed by atoms with Gasteiger partial charge in [0.15, 0.2) is 0 Å². The highest BCUT2D eigenvalue weighted by Crippen LogP contribution is 2.06. The van der Waals surface area contributed by atoms with E-state index in [0.29, 0.717) is 0 Å². The van der Waals surface area contributed by atoms with Crippen molar-refractivity contribution in [1.29, 1.82) is 0 Å². The SMILES string of the molecule is Cc1ccc(CNCCc2ccccc2F)cc1.Cl. The van der Waals surface area contributed by atoms with Crippen molar-refractivity contribution >= 4 is 12.4 Å². The molecule has 0 atom stereocenters. The van der Waals surface area contributed by atoms with Crippen LogP contribution in [0.25, 0.3) is 0 Å². The lowest BCUT2D eigenvalue weighted by atomic mass is 10.1. The molecule has 0 unspecified atom stereocenters. The van der Waals surface area contributed by atoms with Gasteiger partial charge in [-0.25, -0.2) is 4.39 Å². The highest BCUT2D eigenvalue weighted by atomic mass is 35.5. The fourth-order valence-corrected chi connectivity index (χ4v) is 1.86. The Bertz CT molecular complexity index is 496. The van der Waals surface area contributed by atoms with E-state index in [0.717, 1.165) is 25.1 Å². The quantitative estimate of drug-likeness (QED) is 0.819. The normalized spacial score (nSPS) is 10.0. The summed E-state index contributed by atoms with van der Waals surface area (Å²) in [6.45, 7) is 3.69. The Morgan fingerprint density at radius 2 is 1.68 bits per heavy atom. The van der Waals surface area contributed by atoms with Gasteiger partial charge in [-0.15, -0.1) is 12.4 Å². The maximum atomic E-state index is 13.4. The van der Waals surface area contributed by atoms with Crippen molar-refractivity contribution in [3.05, 3.63) is 71.0 Å². The summed E-state index contributed by atoms with van der Waals surface area (Å²) in [4.78, 5) is 0. The molecule has 2 aromatic rings. The van der Waals surface area contributed by atoms with Crippen LogP contribution < -0.4 is 5.32 Å². The fourth-order valence-electron chi connectivity index (χ4n) is 1.86. The number of rotatable bonds is 5. The molecule has 0 aliphatic rings. The minimum absolute atomic E-state index is 0. The van der Waals surface area contributed by atoms with E-state index in [4.69, 9.17) is 0 Å². The molecule has 0 saturated carbocycles. The molecule has 3 heteroatoms. The Morgan fingerprint density at radius 3 is 2.37 bits per heavy atom. The van der Waals surface area contributed by atoms with Crippen LogP contribution in [0.15, 0.2) is 48.5 Å². The lowest BCUT2D eigenvalue weighted by molar-refractivity contribution is 0.598. The molecule has 0 bridgehead atoms. The standard InChI is InChI=1S/C16H18FN.ClH/c1-13-6-8-14(9-7-13)12-18-11-10-15-4-2-3-5-16(15)17;/h2-9,18H,10-12H2,1H3;1H. The smallest absolute Gasteiger partial charge is 0.126 e. The van der Waals surface area contributed by atoms with E-state index in [1.807, 2.05) is 12.1 Å². The highest BCUT2D eigenvalue weighted by Gasteiger charge is 1.99. The van der Waals surface area contributed by atoms with Crippen LogP contribution in [0.2, 0.25) is 0 Å². The number of aryl methyl sites for hydroxylation is 1. The molecule has 2 rings (SSSR count). The molecule has 2 aromatic carbocycles. The van der Waals surface area contributed by atoms with E-state index < -0.39 is 0 Å². The van der Waals surface area contributed by atoms with Crippen molar-refractivity contribution in [2.75, 3.05) is 6.54 Å². The highest BCUT2D eigenvalue weighted by molar-refractivity contribution is 5.85. The molecule has 0 heterocycles. The van der Waals surface area contributed by atoms with Gasteiger partial charge in [-0.3, -0.25) is 0 Å². The Morgan fingerprint density at radius 1 is 1.00 bits per heavy atom. The van der Waals surface area contributed by atoms with Crippen molar-refractivity contribution in [3.63, 3.8) is 0 Å². The first-order valence-electron chi connectivity index (χ1n) is 6.25. The van der Waals surface area contributed by atoms with Gasteiger partial charge in [-0.1, -0.05) is 48.0 Å². The predicted molar refractivity (Wildman–Crippen MR) is 80.2 cm³/mol. The van der Waals surface area contributed by atoms with E-state index in [2.05, 4.69) is 36.5 Å². The number of nitrogens with one attached hydrogen (secondary N) is 1. The van der Waals surface area contributed by atoms with Gasteiger partial charge in [0.2, 0.25) is 0 Å². The summed E-state index contributed by atoms with van der Waals surface area (Å²) in [7, 11) is 0. The van der Waals surface area contributed by atoms with Gasteiger partial charge in [-0.05, 0) is 37.1 Å². The summed E-state index contributed by atoms with van der Waals surface area (Å²) in [6, 6.07) is 15.4. The van der Waals surface area contributed by atoms with E-state index in [9.17, 15) is 4.39 Å². The first-order valence-corrected chi connectivity index (χ1v) is 6.25. The van der Waals surface area contributed by atoms with E-state index in [1.54, 1.807) is 6.07 Å². The van der Waals surface area contributed by atoms with Gasteiger partial charge < -0.3 is 5.32 Å². The molecular formula is C16H19ClFN. The monoisotopic (exact) mass is 279 g/mol. The van der Waals surface area contributed by atoms with Crippen molar-refractivity contribution in [2.45, 2.75) is 19.9 Å². The largest absolute Gasteiger partial charge is 0.312 e. The van der Waals surface area contributed by atoms with E-state index in [1.165, 1.54) is 17.2 Å². The first-order chi connectivity index (χ1) is 8.75. The summed E-state index contributed by atoms with van der Waals surface area (Å²) >= 11 is 0. The van der Waals surface area contributed by atoms with Crippen LogP contribution in [-0.2, 0) is 13.0 Å². The minimum atomic E-state index is -0.116. The van der Waals surface area contributed by atoms with Gasteiger partial charge in [0.1, 0.15) is 5.82 Å². The molecule has 0 aromatic heterocycles. The number of hydrogen-bond acceptors (Lipinski definition) is 1. The van der Waals surface area contributed by atoms with Crippen molar-refractivity contribution in [1.82, 2.24) is 5.32 Å². The van der Waals surface area contributed by atoms with Crippen molar-refractivity contribution in [2.24, 2.45) is 0 Å². The van der Waals surface area contributed by atoms with Gasteiger partial charge in [0.05, 0.1) is 0 Å². The van der Waals surface area contributed by atoms with Gasteiger partial charge in [0, 0.05) is 6.54 Å². The molecular weight excluding hydrogens is 261 g/mol. The summed E-state index contributed by atoms with van der Waals surface area (Å²) < 4.78 is 13.4. The van der Waals surface area contributed by atoms with Crippen LogP contribution in [0.4, 0.5) is 4.39 Å². The lowest BCUT2D eigenvalue weighted by Gasteiger charge is -2.06. The van der Waals surface area contributed by atoms with Crippen LogP contribution in [0.3, 0.4) is 0 Å². The van der Waals surface area contributed by atoms with Crippen molar-refractivity contribution in [3.8, 4) is 0 Å². The Kier molecular flexibility index (Phi) is 6.54. The average Bonchev–Trinajstić information content (AvgIpc) is 2.39. The van der Waals surface area contributed by atoms with Crippen LogP contribution in [0.5, 0.6) is 0 Å². The van der Waals surface area contributed by atoms with Crippen molar-refractivity contribution < 1.29 is 4.39 Å². The summed E-state index contributed by atoms with van der Waals surface area (Å²) in [6.07, 6.45) is 0.721. The fraction of sp³-hybridized carbons (Fsp3) is 0.250. The number of halogens is 2. The molecule has 0 aliphatic carbocycles. The number of hydrogen-bond donors (Lipinski definition) is 1. The number of benzene rings is 2. The molecule has 0 radical (unpaired) electrons. The molecule has 1 N–H and O–H groups in total. The average molecular weight is 280 g/mol. The summed E-state index contributed by atoms with van der Waals surface area (Å²) in [5, 5.41) is 3.33. The van der Waals surface area contributed by atoms with Gasteiger partial charge in [0.25, 0.3) is 0 Å². The third-order valence-electron chi connectivity index (χ3n) is 2.98. The van der Waals surface area contributed by atoms with Gasteiger partial charge >= 0.3 is 0 Å². The molecule has 0 aliphatic heterocycles. The molecule has 19 heavy (non-hydrogen) atoms. The van der Waals surface area contributed by atoms with Crippen LogP contribution in [0.1, 0.15) is 16.7 Å². The topological polar surface area (TPSA) is 12.0 Å². The third-order valence-corrected chi connectivity index (χ3v) is 2.98. The second-order valence-electron chi connectivity index (χ2n) is 4.50. The first kappa shape index (κ1) is 15.7. The Hall–Kier alpha value is -1.38. The molecule has 0 amide bonds. The maximum Gasteiger partial charge on any atom is 0.126 e. The molecule has 102 valence electrons. The van der Waals surface area contributed by atoms with Crippen LogP contribution in [-0.4, -0.2) is 6.54 Å². The Labute approximate surface area is 120 Å². The summed E-state index contributed by atoms with van der Waals surface area (Å²) in [5.41, 5.74) is 3.30. The third kappa shape index (κ3) is 5.01. The zero-order valence-corrected chi connectivity index (χ0v) is 11.8. The minimum Gasteiger partial charge on any atom is -0.312 e. The molecule has 1 nitrogen and oxygen atoms in total. The lowest BCUT2D eigenvalue weighted by Crippen LogP contribution is -2.17. The molecule has 0 saturated heterocycles. The van der Waals surface area contributed by atoms with E-state index in [-0.39, 0.29) is 18.2 Å².